The highest BCUT2D eigenvalue weighted by Gasteiger charge is 2.41. The summed E-state index contributed by atoms with van der Waals surface area (Å²) in [5, 5.41) is 7.75. The van der Waals surface area contributed by atoms with E-state index in [-0.39, 0.29) is 0 Å². The van der Waals surface area contributed by atoms with E-state index in [0.29, 0.717) is 23.4 Å². The van der Waals surface area contributed by atoms with Gasteiger partial charge in [-0.1, -0.05) is 37.6 Å². The van der Waals surface area contributed by atoms with Crippen molar-refractivity contribution in [1.82, 2.24) is 20.1 Å². The number of likely N-dealkylation sites (tertiary alicyclic amines) is 1. The zero-order valence-corrected chi connectivity index (χ0v) is 16.9. The summed E-state index contributed by atoms with van der Waals surface area (Å²) in [6.07, 6.45) is 4.62. The van der Waals surface area contributed by atoms with Crippen LogP contribution >= 0.6 is 11.6 Å². The number of anilines is 2. The van der Waals surface area contributed by atoms with Crippen molar-refractivity contribution in [3.8, 4) is 0 Å². The van der Waals surface area contributed by atoms with Crippen LogP contribution in [0.1, 0.15) is 38.7 Å². The Morgan fingerprint density at radius 3 is 2.56 bits per heavy atom. The second-order valence-electron chi connectivity index (χ2n) is 8.76. The van der Waals surface area contributed by atoms with E-state index in [0.717, 1.165) is 43.3 Å². The SMILES string of the molecule is CC1(C)C[C@H](Cc2ccc(Cl)cc2)N(C2CCN(c3n[nH]c(N)n3)CC2)C1. The van der Waals surface area contributed by atoms with Gasteiger partial charge in [0.15, 0.2) is 0 Å². The molecule has 0 aliphatic carbocycles. The lowest BCUT2D eigenvalue weighted by atomic mass is 9.89. The van der Waals surface area contributed by atoms with Crippen LogP contribution in [0.25, 0.3) is 0 Å². The van der Waals surface area contributed by atoms with Gasteiger partial charge in [0, 0.05) is 36.7 Å². The third-order valence-corrected chi connectivity index (χ3v) is 6.21. The van der Waals surface area contributed by atoms with Crippen LogP contribution in [0.4, 0.5) is 11.9 Å². The zero-order chi connectivity index (χ0) is 19.0. The molecule has 3 N–H and O–H groups in total. The van der Waals surface area contributed by atoms with E-state index in [1.54, 1.807) is 0 Å². The van der Waals surface area contributed by atoms with E-state index in [9.17, 15) is 0 Å². The number of H-pyrrole nitrogens is 1. The van der Waals surface area contributed by atoms with Gasteiger partial charge in [-0.25, -0.2) is 5.10 Å². The van der Waals surface area contributed by atoms with Crippen LogP contribution in [0.2, 0.25) is 5.02 Å². The van der Waals surface area contributed by atoms with Gasteiger partial charge in [0.1, 0.15) is 0 Å². The van der Waals surface area contributed by atoms with Crippen molar-refractivity contribution in [1.29, 1.82) is 0 Å². The number of piperidine rings is 1. The monoisotopic (exact) mass is 388 g/mol. The summed E-state index contributed by atoms with van der Waals surface area (Å²) in [5.74, 6) is 1.11. The number of nitrogens with zero attached hydrogens (tertiary/aromatic N) is 4. The number of rotatable bonds is 4. The number of nitrogens with one attached hydrogen (secondary N) is 1. The van der Waals surface area contributed by atoms with Crippen LogP contribution in [-0.4, -0.2) is 51.8 Å². The average Bonchev–Trinajstić information content (AvgIpc) is 3.20. The molecular formula is C20H29ClN6. The van der Waals surface area contributed by atoms with Crippen LogP contribution in [0.15, 0.2) is 24.3 Å². The second kappa shape index (κ2) is 7.32. The predicted molar refractivity (Wildman–Crippen MR) is 110 cm³/mol. The first-order valence-electron chi connectivity index (χ1n) is 9.83. The summed E-state index contributed by atoms with van der Waals surface area (Å²) < 4.78 is 0. The minimum absolute atomic E-state index is 0.367. The molecule has 2 fully saturated rings. The molecule has 0 unspecified atom stereocenters. The zero-order valence-electron chi connectivity index (χ0n) is 16.2. The van der Waals surface area contributed by atoms with Gasteiger partial charge in [-0.15, -0.1) is 5.10 Å². The number of nitrogen functional groups attached to an aromatic ring is 1. The molecular weight excluding hydrogens is 360 g/mol. The van der Waals surface area contributed by atoms with Crippen molar-refractivity contribution in [2.45, 2.75) is 51.6 Å². The van der Waals surface area contributed by atoms with Gasteiger partial charge in [0.05, 0.1) is 0 Å². The molecule has 146 valence electrons. The molecule has 7 heteroatoms. The van der Waals surface area contributed by atoms with Crippen molar-refractivity contribution in [2.24, 2.45) is 5.41 Å². The maximum absolute atomic E-state index is 6.05. The van der Waals surface area contributed by atoms with Gasteiger partial charge in [-0.3, -0.25) is 4.90 Å². The third-order valence-electron chi connectivity index (χ3n) is 5.96. The fraction of sp³-hybridized carbons (Fsp3) is 0.600. The Hall–Kier alpha value is -1.79. The second-order valence-corrected chi connectivity index (χ2v) is 9.20. The number of aromatic nitrogens is 3. The first kappa shape index (κ1) is 18.6. The molecule has 1 aromatic carbocycles. The van der Waals surface area contributed by atoms with Crippen molar-refractivity contribution >= 4 is 23.5 Å². The molecule has 3 heterocycles. The van der Waals surface area contributed by atoms with Gasteiger partial charge >= 0.3 is 0 Å². The van der Waals surface area contributed by atoms with Crippen LogP contribution in [-0.2, 0) is 6.42 Å². The van der Waals surface area contributed by atoms with E-state index in [1.165, 1.54) is 18.5 Å². The fourth-order valence-corrected chi connectivity index (χ4v) is 4.88. The molecule has 0 bridgehead atoms. The van der Waals surface area contributed by atoms with Crippen LogP contribution in [0, 0.1) is 5.41 Å². The van der Waals surface area contributed by atoms with E-state index in [4.69, 9.17) is 17.3 Å². The summed E-state index contributed by atoms with van der Waals surface area (Å²) in [6, 6.07) is 9.56. The van der Waals surface area contributed by atoms with Crippen LogP contribution in [0.5, 0.6) is 0 Å². The highest BCUT2D eigenvalue weighted by Crippen LogP contribution is 2.38. The van der Waals surface area contributed by atoms with Gasteiger partial charge in [0.25, 0.3) is 0 Å². The molecule has 27 heavy (non-hydrogen) atoms. The molecule has 2 saturated heterocycles. The largest absolute Gasteiger partial charge is 0.368 e. The Bertz CT molecular complexity index is 763. The van der Waals surface area contributed by atoms with Crippen LogP contribution < -0.4 is 10.6 Å². The minimum atomic E-state index is 0.367. The number of hydrogen-bond donors (Lipinski definition) is 2. The van der Waals surface area contributed by atoms with Crippen LogP contribution in [0.3, 0.4) is 0 Å². The lowest BCUT2D eigenvalue weighted by molar-refractivity contribution is 0.145. The molecule has 0 amide bonds. The molecule has 0 radical (unpaired) electrons. The number of hydrogen-bond acceptors (Lipinski definition) is 5. The van der Waals surface area contributed by atoms with Crippen molar-refractivity contribution in [2.75, 3.05) is 30.3 Å². The molecule has 2 aromatic rings. The predicted octanol–water partition coefficient (Wildman–Crippen LogP) is 3.35. The molecule has 2 aliphatic rings. The first-order chi connectivity index (χ1) is 12.9. The van der Waals surface area contributed by atoms with E-state index >= 15 is 0 Å². The van der Waals surface area contributed by atoms with Gasteiger partial charge in [0.2, 0.25) is 11.9 Å². The topological polar surface area (TPSA) is 74.1 Å². The number of halogens is 1. The van der Waals surface area contributed by atoms with E-state index in [2.05, 4.69) is 51.0 Å². The van der Waals surface area contributed by atoms with Gasteiger partial charge in [-0.2, -0.15) is 4.98 Å². The third kappa shape index (κ3) is 4.22. The Morgan fingerprint density at radius 1 is 1.22 bits per heavy atom. The molecule has 0 spiro atoms. The summed E-state index contributed by atoms with van der Waals surface area (Å²) in [6.45, 7) is 7.92. The van der Waals surface area contributed by atoms with E-state index in [1.807, 2.05) is 12.1 Å². The Labute approximate surface area is 166 Å². The summed E-state index contributed by atoms with van der Waals surface area (Å²) in [7, 11) is 0. The maximum atomic E-state index is 6.05. The Balaban J connectivity index is 1.42. The highest BCUT2D eigenvalue weighted by atomic mass is 35.5. The van der Waals surface area contributed by atoms with Crippen molar-refractivity contribution in [3.63, 3.8) is 0 Å². The van der Waals surface area contributed by atoms with Crippen molar-refractivity contribution in [3.05, 3.63) is 34.9 Å². The summed E-state index contributed by atoms with van der Waals surface area (Å²) in [5.41, 5.74) is 7.41. The maximum Gasteiger partial charge on any atom is 0.246 e. The minimum Gasteiger partial charge on any atom is -0.368 e. The molecule has 4 rings (SSSR count). The Kier molecular flexibility index (Phi) is 5.03. The number of aromatic amines is 1. The normalized spacial score (nSPS) is 23.8. The molecule has 0 saturated carbocycles. The lowest BCUT2D eigenvalue weighted by Gasteiger charge is -2.39. The molecule has 6 nitrogen and oxygen atoms in total. The lowest BCUT2D eigenvalue weighted by Crippen LogP contribution is -2.48. The summed E-state index contributed by atoms with van der Waals surface area (Å²) >= 11 is 6.05. The standard InChI is InChI=1S/C20H29ClN6/c1-20(2)12-17(11-14-3-5-15(21)6-4-14)27(13-20)16-7-9-26(10-8-16)19-23-18(22)24-25-19/h3-6,16-17H,7-13H2,1-2H3,(H3,22,23,24,25)/t17-/m0/s1. The Morgan fingerprint density at radius 2 is 1.93 bits per heavy atom. The smallest absolute Gasteiger partial charge is 0.246 e. The highest BCUT2D eigenvalue weighted by molar-refractivity contribution is 6.30. The number of benzene rings is 1. The molecule has 1 aromatic heterocycles. The molecule has 1 atom stereocenters. The fourth-order valence-electron chi connectivity index (χ4n) is 4.76. The van der Waals surface area contributed by atoms with E-state index < -0.39 is 0 Å². The van der Waals surface area contributed by atoms with Gasteiger partial charge < -0.3 is 10.6 Å². The summed E-state index contributed by atoms with van der Waals surface area (Å²) in [4.78, 5) is 9.27. The van der Waals surface area contributed by atoms with Gasteiger partial charge in [-0.05, 0) is 48.8 Å². The first-order valence-corrected chi connectivity index (χ1v) is 10.2. The molecule has 2 aliphatic heterocycles. The quantitative estimate of drug-likeness (QED) is 0.840. The average molecular weight is 389 g/mol. The van der Waals surface area contributed by atoms with Crippen molar-refractivity contribution < 1.29 is 0 Å². The number of nitrogens with two attached hydrogens (primary N) is 1.